The van der Waals surface area contributed by atoms with E-state index in [9.17, 15) is 23.3 Å². The van der Waals surface area contributed by atoms with E-state index < -0.39 is 27.8 Å². The largest absolute Gasteiger partial charge is 0.462 e. The summed E-state index contributed by atoms with van der Waals surface area (Å²) in [5, 5.41) is 11.8. The van der Waals surface area contributed by atoms with E-state index in [1.807, 2.05) is 18.7 Å². The molecule has 0 bridgehead atoms. The number of likely N-dealkylation sites (N-methyl/N-ethyl adjacent to an activating group) is 1. The molecule has 1 unspecified atom stereocenters. The molecule has 0 aromatic heterocycles. The number of alkyl halides is 3. The van der Waals surface area contributed by atoms with Crippen LogP contribution in [-0.2, 0) is 32.3 Å². The molecule has 1 saturated heterocycles. The summed E-state index contributed by atoms with van der Waals surface area (Å²) in [6.45, 7) is 7.87. The fraction of sp³-hybridized carbons (Fsp3) is 0.517. The molecule has 9 nitrogen and oxygen atoms in total. The third kappa shape index (κ3) is 5.53. The molecule has 2 aromatic rings. The van der Waals surface area contributed by atoms with E-state index in [0.29, 0.717) is 87.4 Å². The average molecular weight is 578 g/mol. The zero-order valence-corrected chi connectivity index (χ0v) is 23.3. The van der Waals surface area contributed by atoms with Crippen LogP contribution in [-0.4, -0.2) is 75.3 Å². The second-order valence-corrected chi connectivity index (χ2v) is 10.9. The van der Waals surface area contributed by atoms with Crippen LogP contribution in [0.1, 0.15) is 36.1 Å². The van der Waals surface area contributed by atoms with Gasteiger partial charge in [-0.3, -0.25) is 15.0 Å². The van der Waals surface area contributed by atoms with Gasteiger partial charge < -0.3 is 23.8 Å². The summed E-state index contributed by atoms with van der Waals surface area (Å²) in [5.41, 5.74) is -0.585. The number of hydrogen-bond donors (Lipinski definition) is 0. The number of ether oxygens (including phenoxy) is 4. The number of nitro benzene ring substituents is 1. The van der Waals surface area contributed by atoms with Gasteiger partial charge in [-0.1, -0.05) is 0 Å². The lowest BCUT2D eigenvalue weighted by Crippen LogP contribution is -2.58. The number of hydrogen-bond acceptors (Lipinski definition) is 8. The maximum absolute atomic E-state index is 13.6. The molecule has 3 aliphatic heterocycles. The van der Waals surface area contributed by atoms with Gasteiger partial charge in [-0.15, -0.1) is 0 Å². The Hall–Kier alpha value is -3.19. The Morgan fingerprint density at radius 1 is 0.976 bits per heavy atom. The third-order valence-corrected chi connectivity index (χ3v) is 8.13. The van der Waals surface area contributed by atoms with Crippen LogP contribution in [0.15, 0.2) is 36.4 Å². The molecule has 0 N–H and O–H groups in total. The van der Waals surface area contributed by atoms with Crippen molar-refractivity contribution in [3.8, 4) is 5.75 Å². The molecule has 5 rings (SSSR count). The number of fused-ring (bicyclic) bond motifs is 2. The number of benzene rings is 2. The normalized spacial score (nSPS) is 23.3. The minimum absolute atomic E-state index is 0.0703. The average Bonchev–Trinajstić information content (AvgIpc) is 3.07. The first-order valence-electron chi connectivity index (χ1n) is 13.5. The maximum atomic E-state index is 13.6. The van der Waals surface area contributed by atoms with Gasteiger partial charge in [-0.05, 0) is 49.8 Å². The van der Waals surface area contributed by atoms with Crippen LogP contribution in [0.5, 0.6) is 5.75 Å². The molecule has 0 aliphatic carbocycles. The Morgan fingerprint density at radius 3 is 2.22 bits per heavy atom. The van der Waals surface area contributed by atoms with Crippen molar-refractivity contribution in [2.45, 2.75) is 37.7 Å². The van der Waals surface area contributed by atoms with Gasteiger partial charge in [0, 0.05) is 55.6 Å². The van der Waals surface area contributed by atoms with Crippen LogP contribution < -0.4 is 9.64 Å². The molecule has 2 aromatic carbocycles. The number of non-ortho nitro benzene ring substituents is 1. The highest BCUT2D eigenvalue weighted by Crippen LogP contribution is 2.55. The van der Waals surface area contributed by atoms with E-state index in [0.717, 1.165) is 6.07 Å². The first-order valence-corrected chi connectivity index (χ1v) is 13.5. The zero-order valence-electron chi connectivity index (χ0n) is 23.3. The summed E-state index contributed by atoms with van der Waals surface area (Å²) in [4.78, 5) is 15.3. The molecule has 3 heterocycles. The van der Waals surface area contributed by atoms with Crippen LogP contribution in [0, 0.1) is 10.1 Å². The molecule has 222 valence electrons. The second-order valence-electron chi connectivity index (χ2n) is 10.9. The fourth-order valence-electron chi connectivity index (χ4n) is 5.81. The summed E-state index contributed by atoms with van der Waals surface area (Å²) in [5.74, 6) is 0.461. The third-order valence-electron chi connectivity index (χ3n) is 8.13. The number of anilines is 1. The lowest BCUT2D eigenvalue weighted by Gasteiger charge is -2.46. The molecule has 0 saturated carbocycles. The smallest absolute Gasteiger partial charge is 0.416 e. The fourth-order valence-corrected chi connectivity index (χ4v) is 5.81. The standard InChI is InChI=1S/C29H34F3N3O6/c1-27(2)24-18-22(29(30,31)32)4-5-25(24)33(3)28(27)7-6-20-16-23(35(36)37)17-21(26(20)41-28)19-34-8-10-38-12-14-40-15-13-39-11-9-34/h4-7,16-18H,8-15,19H2,1-3H3. The van der Waals surface area contributed by atoms with Gasteiger partial charge in [0.15, 0.2) is 0 Å². The number of halogens is 3. The van der Waals surface area contributed by atoms with Crippen molar-refractivity contribution in [1.29, 1.82) is 0 Å². The summed E-state index contributed by atoms with van der Waals surface area (Å²) in [6, 6.07) is 6.70. The van der Waals surface area contributed by atoms with E-state index >= 15 is 0 Å². The molecular formula is C29H34F3N3O6. The molecule has 0 radical (unpaired) electrons. The van der Waals surface area contributed by atoms with Crippen molar-refractivity contribution in [3.63, 3.8) is 0 Å². The van der Waals surface area contributed by atoms with Gasteiger partial charge in [0.25, 0.3) is 5.69 Å². The molecule has 3 aliphatic rings. The first kappa shape index (κ1) is 29.3. The van der Waals surface area contributed by atoms with Gasteiger partial charge >= 0.3 is 6.18 Å². The number of nitro groups is 1. The summed E-state index contributed by atoms with van der Waals surface area (Å²) in [7, 11) is 1.79. The van der Waals surface area contributed by atoms with Crippen molar-refractivity contribution in [2.75, 3.05) is 64.7 Å². The van der Waals surface area contributed by atoms with Gasteiger partial charge in [-0.2, -0.15) is 13.2 Å². The van der Waals surface area contributed by atoms with Crippen molar-refractivity contribution >= 4 is 17.5 Å². The van der Waals surface area contributed by atoms with Crippen molar-refractivity contribution < 1.29 is 37.0 Å². The summed E-state index contributed by atoms with van der Waals surface area (Å²) < 4.78 is 64.5. The molecule has 1 spiro atoms. The Bertz CT molecular complexity index is 1320. The van der Waals surface area contributed by atoms with Crippen LogP contribution in [0.25, 0.3) is 6.08 Å². The van der Waals surface area contributed by atoms with Crippen LogP contribution in [0.2, 0.25) is 0 Å². The topological polar surface area (TPSA) is 86.5 Å². The van der Waals surface area contributed by atoms with Crippen LogP contribution in [0.4, 0.5) is 24.5 Å². The second kappa shape index (κ2) is 11.2. The van der Waals surface area contributed by atoms with Crippen LogP contribution >= 0.6 is 0 Å². The molecule has 1 fully saturated rings. The van der Waals surface area contributed by atoms with E-state index in [1.165, 1.54) is 24.3 Å². The van der Waals surface area contributed by atoms with Gasteiger partial charge in [-0.25, -0.2) is 0 Å². The van der Waals surface area contributed by atoms with Gasteiger partial charge in [0.05, 0.1) is 55.5 Å². The van der Waals surface area contributed by atoms with Gasteiger partial charge in [0.2, 0.25) is 5.72 Å². The predicted octanol–water partition coefficient (Wildman–Crippen LogP) is 5.01. The van der Waals surface area contributed by atoms with Crippen molar-refractivity contribution in [1.82, 2.24) is 4.90 Å². The van der Waals surface area contributed by atoms with Crippen molar-refractivity contribution in [3.05, 3.63) is 68.8 Å². The van der Waals surface area contributed by atoms with E-state index in [2.05, 4.69) is 4.90 Å². The highest BCUT2D eigenvalue weighted by Gasteiger charge is 2.58. The Balaban J connectivity index is 1.51. The first-order chi connectivity index (χ1) is 19.4. The molecule has 12 heteroatoms. The number of nitrogens with zero attached hydrogens (tertiary/aromatic N) is 3. The lowest BCUT2D eigenvalue weighted by molar-refractivity contribution is -0.385. The van der Waals surface area contributed by atoms with E-state index in [-0.39, 0.29) is 5.69 Å². The maximum Gasteiger partial charge on any atom is 0.416 e. The lowest BCUT2D eigenvalue weighted by atomic mass is 9.76. The Labute approximate surface area is 236 Å². The quantitative estimate of drug-likeness (QED) is 0.372. The predicted molar refractivity (Wildman–Crippen MR) is 146 cm³/mol. The molecule has 0 amide bonds. The monoisotopic (exact) mass is 577 g/mol. The Morgan fingerprint density at radius 2 is 1.61 bits per heavy atom. The zero-order chi connectivity index (χ0) is 29.4. The molecule has 41 heavy (non-hydrogen) atoms. The minimum atomic E-state index is -4.48. The van der Waals surface area contributed by atoms with Gasteiger partial charge in [0.1, 0.15) is 5.75 Å². The van der Waals surface area contributed by atoms with Crippen molar-refractivity contribution in [2.24, 2.45) is 0 Å². The summed E-state index contributed by atoms with van der Waals surface area (Å²) in [6.07, 6.45) is -0.924. The highest BCUT2D eigenvalue weighted by molar-refractivity contribution is 5.74. The highest BCUT2D eigenvalue weighted by atomic mass is 19.4. The molecule has 1 atom stereocenters. The molecular weight excluding hydrogens is 543 g/mol. The Kier molecular flexibility index (Phi) is 8.03. The SMILES string of the molecule is CN1c2ccc(C(F)(F)F)cc2C(C)(C)C12C=Cc1cc([N+](=O)[O-])cc(CN3CCOCCOCCOCC3)c1O2. The number of rotatable bonds is 3. The van der Waals surface area contributed by atoms with E-state index in [4.69, 9.17) is 18.9 Å². The van der Waals surface area contributed by atoms with Crippen LogP contribution in [0.3, 0.4) is 0 Å². The summed E-state index contributed by atoms with van der Waals surface area (Å²) >= 11 is 0. The minimum Gasteiger partial charge on any atom is -0.462 e. The van der Waals surface area contributed by atoms with E-state index in [1.54, 1.807) is 19.2 Å².